The fraction of sp³-hybridized carbons (Fsp3) is 0.471. The molecule has 2 amide bonds. The van der Waals surface area contributed by atoms with E-state index in [0.717, 1.165) is 9.21 Å². The Hall–Kier alpha value is -2.37. The lowest BCUT2D eigenvalue weighted by molar-refractivity contribution is -0.156. The van der Waals surface area contributed by atoms with Gasteiger partial charge >= 0.3 is 0 Å². The molecule has 3 rings (SSSR count). The van der Waals surface area contributed by atoms with Crippen molar-refractivity contribution in [2.75, 3.05) is 19.3 Å². The lowest BCUT2D eigenvalue weighted by Gasteiger charge is -2.43. The summed E-state index contributed by atoms with van der Waals surface area (Å²) in [5.74, 6) is -3.13. The Kier molecular flexibility index (Phi) is 5.77. The van der Waals surface area contributed by atoms with E-state index in [2.05, 4.69) is 10.6 Å². The largest absolute Gasteiger partial charge is 0.350 e. The Labute approximate surface area is 161 Å². The van der Waals surface area contributed by atoms with Crippen molar-refractivity contribution in [3.8, 4) is 0 Å². The molecule has 0 radical (unpaired) electrons. The number of nitrogens with zero attached hydrogens (tertiary/aromatic N) is 2. The minimum absolute atomic E-state index is 0.0291. The van der Waals surface area contributed by atoms with Crippen LogP contribution in [-0.2, 0) is 31.0 Å². The average molecular weight is 412 g/mol. The summed E-state index contributed by atoms with van der Waals surface area (Å²) in [6, 6.07) is 3.93. The van der Waals surface area contributed by atoms with E-state index in [1.165, 1.54) is 31.3 Å². The van der Waals surface area contributed by atoms with Gasteiger partial charge in [0, 0.05) is 20.1 Å². The van der Waals surface area contributed by atoms with Gasteiger partial charge in [0.05, 0.1) is 5.75 Å². The normalized spacial score (nSPS) is 25.6. The van der Waals surface area contributed by atoms with Crippen molar-refractivity contribution < 1.29 is 27.2 Å². The lowest BCUT2D eigenvalue weighted by atomic mass is 10.1. The van der Waals surface area contributed by atoms with Crippen LogP contribution in [0, 0.1) is 5.82 Å². The molecule has 0 aromatic heterocycles. The van der Waals surface area contributed by atoms with Gasteiger partial charge in [-0.15, -0.1) is 0 Å². The molecule has 0 aliphatic carbocycles. The maximum absolute atomic E-state index is 13.0. The number of nitrogens with one attached hydrogen (secondary N) is 2. The minimum Gasteiger partial charge on any atom is -0.350 e. The van der Waals surface area contributed by atoms with Gasteiger partial charge in [-0.3, -0.25) is 19.7 Å². The van der Waals surface area contributed by atoms with E-state index in [9.17, 15) is 27.2 Å². The SMILES string of the molecule is CN1C(=O)C(=O)C(C(=O)NCc2ccc(F)cc2)NC1N1CCCCS1(=O)=O. The van der Waals surface area contributed by atoms with Crippen LogP contribution >= 0.6 is 0 Å². The van der Waals surface area contributed by atoms with Gasteiger partial charge in [-0.05, 0) is 30.5 Å². The predicted molar refractivity (Wildman–Crippen MR) is 96.5 cm³/mol. The molecule has 0 spiro atoms. The monoisotopic (exact) mass is 412 g/mol. The van der Waals surface area contributed by atoms with Gasteiger partial charge in [0.15, 0.2) is 12.3 Å². The summed E-state index contributed by atoms with van der Waals surface area (Å²) < 4.78 is 38.8. The molecule has 2 N–H and O–H groups in total. The molecule has 1 aromatic carbocycles. The third kappa shape index (κ3) is 4.05. The second-order valence-corrected chi connectivity index (χ2v) is 8.77. The summed E-state index contributed by atoms with van der Waals surface area (Å²) in [6.45, 7) is 0.219. The summed E-state index contributed by atoms with van der Waals surface area (Å²) in [7, 11) is -2.29. The van der Waals surface area contributed by atoms with Gasteiger partial charge in [-0.2, -0.15) is 4.31 Å². The number of sulfonamides is 1. The fourth-order valence-electron chi connectivity index (χ4n) is 3.19. The fourth-order valence-corrected chi connectivity index (χ4v) is 4.91. The first-order valence-electron chi connectivity index (χ1n) is 8.79. The number of likely N-dealkylation sites (N-methyl/N-ethyl adjacent to an activating group) is 1. The molecule has 0 bridgehead atoms. The van der Waals surface area contributed by atoms with Crippen molar-refractivity contribution in [2.24, 2.45) is 0 Å². The number of benzene rings is 1. The Morgan fingerprint density at radius 3 is 2.57 bits per heavy atom. The second kappa shape index (κ2) is 7.94. The van der Waals surface area contributed by atoms with Crippen molar-refractivity contribution in [2.45, 2.75) is 31.7 Å². The zero-order valence-electron chi connectivity index (χ0n) is 15.2. The molecule has 2 aliphatic heterocycles. The molecule has 2 aliphatic rings. The van der Waals surface area contributed by atoms with Crippen molar-refractivity contribution in [1.29, 1.82) is 0 Å². The number of carbonyl (C=O) groups is 3. The van der Waals surface area contributed by atoms with Crippen LogP contribution < -0.4 is 10.6 Å². The van der Waals surface area contributed by atoms with Crippen LogP contribution in [0.2, 0.25) is 0 Å². The average Bonchev–Trinajstić information content (AvgIpc) is 2.66. The van der Waals surface area contributed by atoms with E-state index in [-0.39, 0.29) is 18.8 Å². The minimum atomic E-state index is -3.61. The lowest BCUT2D eigenvalue weighted by Crippen LogP contribution is -2.71. The molecule has 2 unspecified atom stereocenters. The number of carbonyl (C=O) groups excluding carboxylic acids is 3. The van der Waals surface area contributed by atoms with E-state index >= 15 is 0 Å². The maximum Gasteiger partial charge on any atom is 0.294 e. The Balaban J connectivity index is 1.74. The zero-order valence-corrected chi connectivity index (χ0v) is 16.0. The highest BCUT2D eigenvalue weighted by Gasteiger charge is 2.47. The van der Waals surface area contributed by atoms with Crippen LogP contribution in [0.1, 0.15) is 18.4 Å². The Bertz CT molecular complexity index is 889. The molecule has 2 saturated heterocycles. The number of halogens is 1. The molecule has 152 valence electrons. The Morgan fingerprint density at radius 1 is 1.25 bits per heavy atom. The van der Waals surface area contributed by atoms with Gasteiger partial charge in [0.2, 0.25) is 21.7 Å². The highest BCUT2D eigenvalue weighted by Crippen LogP contribution is 2.20. The number of amides is 2. The quantitative estimate of drug-likeness (QED) is 0.492. The van der Waals surface area contributed by atoms with Crippen molar-refractivity contribution in [3.63, 3.8) is 0 Å². The maximum atomic E-state index is 13.0. The van der Waals surface area contributed by atoms with Crippen LogP contribution in [-0.4, -0.2) is 66.9 Å². The second-order valence-electron chi connectivity index (χ2n) is 6.73. The number of rotatable bonds is 4. The van der Waals surface area contributed by atoms with Gasteiger partial charge in [-0.25, -0.2) is 12.8 Å². The molecular formula is C17H21FN4O5S. The number of Topliss-reactive ketones (excluding diaryl/α,β-unsaturated/α-hetero) is 1. The highest BCUT2D eigenvalue weighted by molar-refractivity contribution is 7.89. The topological polar surface area (TPSA) is 116 Å². The van der Waals surface area contributed by atoms with Crippen LogP contribution in [0.3, 0.4) is 0 Å². The van der Waals surface area contributed by atoms with Crippen molar-refractivity contribution >= 4 is 27.6 Å². The van der Waals surface area contributed by atoms with Gasteiger partial charge in [-0.1, -0.05) is 12.1 Å². The summed E-state index contributed by atoms with van der Waals surface area (Å²) in [5, 5.41) is 5.20. The van der Waals surface area contributed by atoms with Gasteiger partial charge in [0.1, 0.15) is 5.82 Å². The van der Waals surface area contributed by atoms with E-state index in [0.29, 0.717) is 18.4 Å². The molecule has 2 fully saturated rings. The number of ketones is 1. The first-order valence-corrected chi connectivity index (χ1v) is 10.4. The summed E-state index contributed by atoms with van der Waals surface area (Å²) in [5.41, 5.74) is 0.608. The third-order valence-electron chi connectivity index (χ3n) is 4.78. The van der Waals surface area contributed by atoms with Crippen LogP contribution in [0.15, 0.2) is 24.3 Å². The van der Waals surface area contributed by atoms with Crippen LogP contribution in [0.25, 0.3) is 0 Å². The molecule has 0 saturated carbocycles. The Morgan fingerprint density at radius 2 is 1.93 bits per heavy atom. The number of hydrogen-bond donors (Lipinski definition) is 2. The number of hydrogen-bond acceptors (Lipinski definition) is 6. The van der Waals surface area contributed by atoms with Crippen LogP contribution in [0.4, 0.5) is 4.39 Å². The smallest absolute Gasteiger partial charge is 0.294 e. The van der Waals surface area contributed by atoms with E-state index in [4.69, 9.17) is 0 Å². The van der Waals surface area contributed by atoms with E-state index < -0.39 is 45.8 Å². The van der Waals surface area contributed by atoms with E-state index in [1.807, 2.05) is 0 Å². The van der Waals surface area contributed by atoms with Crippen molar-refractivity contribution in [3.05, 3.63) is 35.6 Å². The zero-order chi connectivity index (χ0) is 20.5. The molecule has 9 nitrogen and oxygen atoms in total. The first kappa shape index (κ1) is 20.4. The summed E-state index contributed by atoms with van der Waals surface area (Å²) >= 11 is 0. The summed E-state index contributed by atoms with van der Waals surface area (Å²) in [4.78, 5) is 38.1. The third-order valence-corrected chi connectivity index (χ3v) is 6.68. The molecule has 2 atom stereocenters. The first-order chi connectivity index (χ1) is 13.2. The van der Waals surface area contributed by atoms with Crippen molar-refractivity contribution in [1.82, 2.24) is 19.8 Å². The highest BCUT2D eigenvalue weighted by atomic mass is 32.2. The molecule has 2 heterocycles. The van der Waals surface area contributed by atoms with Gasteiger partial charge in [0.25, 0.3) is 5.91 Å². The van der Waals surface area contributed by atoms with E-state index in [1.54, 1.807) is 0 Å². The summed E-state index contributed by atoms with van der Waals surface area (Å²) in [6.07, 6.45) is 0.0236. The predicted octanol–water partition coefficient (Wildman–Crippen LogP) is -0.850. The van der Waals surface area contributed by atoms with Crippen LogP contribution in [0.5, 0.6) is 0 Å². The molecule has 11 heteroatoms. The molecular weight excluding hydrogens is 391 g/mol. The molecule has 1 aromatic rings. The standard InChI is InChI=1S/C17H21FN4O5S/c1-21-16(25)14(23)13(15(24)19-10-11-4-6-12(18)7-5-11)20-17(21)22-8-2-3-9-28(22,26)27/h4-7,13,17,20H,2-3,8-10H2,1H3,(H,19,24). The van der Waals surface area contributed by atoms with Gasteiger partial charge < -0.3 is 10.2 Å². The molecule has 28 heavy (non-hydrogen) atoms.